The number of rotatable bonds is 6. The highest BCUT2D eigenvalue weighted by Gasteiger charge is 2.35. The van der Waals surface area contributed by atoms with E-state index in [2.05, 4.69) is 17.4 Å². The number of carbonyl (C=O) groups is 1. The fraction of sp³-hybridized carbons (Fsp3) is 0.350. The number of hydrogen-bond donors (Lipinski definition) is 2. The smallest absolute Gasteiger partial charge is 0.239 e. The molecule has 1 amide bonds. The average Bonchev–Trinajstić information content (AvgIpc) is 2.64. The van der Waals surface area contributed by atoms with Gasteiger partial charge in [0.2, 0.25) is 5.91 Å². The zero-order chi connectivity index (χ0) is 17.7. The van der Waals surface area contributed by atoms with Crippen LogP contribution in [-0.4, -0.2) is 25.7 Å². The van der Waals surface area contributed by atoms with Crippen molar-refractivity contribution >= 4 is 17.5 Å². The van der Waals surface area contributed by atoms with Gasteiger partial charge in [0.05, 0.1) is 0 Å². The molecule has 1 aliphatic rings. The first kappa shape index (κ1) is 17.9. The van der Waals surface area contributed by atoms with Crippen LogP contribution in [0.1, 0.15) is 30.0 Å². The van der Waals surface area contributed by atoms with E-state index in [4.69, 9.17) is 22.1 Å². The molecule has 0 spiro atoms. The molecule has 1 heterocycles. The van der Waals surface area contributed by atoms with Crippen molar-refractivity contribution in [1.29, 1.82) is 0 Å². The molecule has 5 heteroatoms. The third-order valence-corrected chi connectivity index (χ3v) is 5.22. The predicted octanol–water partition coefficient (Wildman–Crippen LogP) is 3.20. The van der Waals surface area contributed by atoms with Crippen molar-refractivity contribution < 1.29 is 9.53 Å². The van der Waals surface area contributed by atoms with Gasteiger partial charge in [0.1, 0.15) is 6.04 Å². The molecule has 0 saturated carbocycles. The maximum atomic E-state index is 12.0. The third kappa shape index (κ3) is 4.21. The fourth-order valence-electron chi connectivity index (χ4n) is 3.46. The number of benzene rings is 2. The van der Waals surface area contributed by atoms with E-state index < -0.39 is 6.04 Å². The summed E-state index contributed by atoms with van der Waals surface area (Å²) in [5.41, 5.74) is 7.65. The Kier molecular flexibility index (Phi) is 5.74. The molecule has 1 aliphatic heterocycles. The Morgan fingerprint density at radius 1 is 1.12 bits per heavy atom. The highest BCUT2D eigenvalue weighted by Crippen LogP contribution is 2.35. The van der Waals surface area contributed by atoms with Crippen molar-refractivity contribution in [3.8, 4) is 0 Å². The van der Waals surface area contributed by atoms with Gasteiger partial charge in [0, 0.05) is 30.2 Å². The molecule has 25 heavy (non-hydrogen) atoms. The minimum Gasteiger partial charge on any atom is -0.381 e. The Morgan fingerprint density at radius 2 is 1.76 bits per heavy atom. The first-order valence-corrected chi connectivity index (χ1v) is 8.90. The molecule has 2 aromatic rings. The molecule has 0 bridgehead atoms. The van der Waals surface area contributed by atoms with Crippen molar-refractivity contribution in [2.45, 2.75) is 24.3 Å². The highest BCUT2D eigenvalue weighted by molar-refractivity contribution is 6.30. The van der Waals surface area contributed by atoms with Gasteiger partial charge in [0.25, 0.3) is 0 Å². The second-order valence-corrected chi connectivity index (χ2v) is 6.96. The van der Waals surface area contributed by atoms with Gasteiger partial charge >= 0.3 is 0 Å². The van der Waals surface area contributed by atoms with Crippen LogP contribution in [0, 0.1) is 0 Å². The summed E-state index contributed by atoms with van der Waals surface area (Å²) >= 11 is 6.04. The van der Waals surface area contributed by atoms with E-state index in [1.807, 2.05) is 42.5 Å². The Balaban J connectivity index is 1.82. The second kappa shape index (κ2) is 8.00. The molecule has 1 saturated heterocycles. The van der Waals surface area contributed by atoms with Gasteiger partial charge in [-0.1, -0.05) is 54.1 Å². The molecule has 0 aliphatic carbocycles. The van der Waals surface area contributed by atoms with Gasteiger partial charge in [-0.05, 0) is 36.1 Å². The maximum absolute atomic E-state index is 12.0. The molecule has 2 aromatic carbocycles. The number of amides is 1. The number of carbonyl (C=O) groups excluding carboxylic acids is 1. The number of ether oxygens (including phenoxy) is 1. The van der Waals surface area contributed by atoms with Crippen molar-refractivity contribution in [2.24, 2.45) is 5.73 Å². The lowest BCUT2D eigenvalue weighted by molar-refractivity contribution is -0.120. The Bertz CT molecular complexity index is 697. The van der Waals surface area contributed by atoms with Gasteiger partial charge in [0.15, 0.2) is 0 Å². The van der Waals surface area contributed by atoms with Crippen molar-refractivity contribution in [3.05, 3.63) is 70.7 Å². The predicted molar refractivity (Wildman–Crippen MR) is 99.6 cm³/mol. The van der Waals surface area contributed by atoms with Crippen LogP contribution in [0.3, 0.4) is 0 Å². The molecule has 0 unspecified atom stereocenters. The number of nitrogens with two attached hydrogens (primary N) is 1. The molecular formula is C20H23ClN2O2. The minimum absolute atomic E-state index is 0.0919. The Hall–Kier alpha value is -1.88. The van der Waals surface area contributed by atoms with E-state index in [9.17, 15) is 4.79 Å². The summed E-state index contributed by atoms with van der Waals surface area (Å²) in [5.74, 6) is -0.371. The lowest BCUT2D eigenvalue weighted by Gasteiger charge is -2.39. The van der Waals surface area contributed by atoms with Gasteiger partial charge < -0.3 is 15.8 Å². The standard InChI is InChI=1S/C20H23ClN2O2/c21-17-8-6-16(7-9-17)20(10-12-25-13-11-20)14-23-18(19(22)24)15-4-2-1-3-5-15/h1-9,18,23H,10-14H2,(H2,22,24)/t18-/m1/s1. The van der Waals surface area contributed by atoms with Gasteiger partial charge in [-0.15, -0.1) is 0 Å². The fourth-order valence-corrected chi connectivity index (χ4v) is 3.58. The van der Waals surface area contributed by atoms with Gasteiger partial charge in [-0.3, -0.25) is 4.79 Å². The molecule has 1 fully saturated rings. The summed E-state index contributed by atoms with van der Waals surface area (Å²) in [5, 5.41) is 4.12. The van der Waals surface area contributed by atoms with E-state index >= 15 is 0 Å². The zero-order valence-electron chi connectivity index (χ0n) is 14.1. The highest BCUT2D eigenvalue weighted by atomic mass is 35.5. The van der Waals surface area contributed by atoms with Crippen LogP contribution >= 0.6 is 11.6 Å². The lowest BCUT2D eigenvalue weighted by atomic mass is 9.74. The van der Waals surface area contributed by atoms with Crippen LogP contribution in [0.5, 0.6) is 0 Å². The molecule has 4 nitrogen and oxygen atoms in total. The van der Waals surface area contributed by atoms with E-state index in [1.54, 1.807) is 0 Å². The van der Waals surface area contributed by atoms with E-state index in [-0.39, 0.29) is 11.3 Å². The largest absolute Gasteiger partial charge is 0.381 e. The van der Waals surface area contributed by atoms with Crippen LogP contribution in [0.4, 0.5) is 0 Å². The number of halogens is 1. The zero-order valence-corrected chi connectivity index (χ0v) is 14.8. The monoisotopic (exact) mass is 358 g/mol. The average molecular weight is 359 g/mol. The van der Waals surface area contributed by atoms with Crippen LogP contribution in [0.15, 0.2) is 54.6 Å². The van der Waals surface area contributed by atoms with Crippen LogP contribution in [0.25, 0.3) is 0 Å². The van der Waals surface area contributed by atoms with Crippen LogP contribution in [0.2, 0.25) is 5.02 Å². The first-order chi connectivity index (χ1) is 12.1. The normalized spacial score (nSPS) is 17.8. The third-order valence-electron chi connectivity index (χ3n) is 4.97. The quantitative estimate of drug-likeness (QED) is 0.833. The molecule has 3 N–H and O–H groups in total. The SMILES string of the molecule is NC(=O)[C@H](NCC1(c2ccc(Cl)cc2)CCOCC1)c1ccccc1. The summed E-state index contributed by atoms with van der Waals surface area (Å²) in [6.07, 6.45) is 1.78. The first-order valence-electron chi connectivity index (χ1n) is 8.52. The van der Waals surface area contributed by atoms with Gasteiger partial charge in [-0.2, -0.15) is 0 Å². The molecule has 132 valence electrons. The maximum Gasteiger partial charge on any atom is 0.239 e. The number of nitrogens with one attached hydrogen (secondary N) is 1. The van der Waals surface area contributed by atoms with E-state index in [0.29, 0.717) is 19.8 Å². The molecule has 1 atom stereocenters. The van der Waals surface area contributed by atoms with Crippen molar-refractivity contribution in [1.82, 2.24) is 5.32 Å². The van der Waals surface area contributed by atoms with E-state index in [1.165, 1.54) is 5.56 Å². The minimum atomic E-state index is -0.506. The summed E-state index contributed by atoms with van der Waals surface area (Å²) < 4.78 is 5.56. The Labute approximate surface area is 153 Å². The lowest BCUT2D eigenvalue weighted by Crippen LogP contribution is -2.46. The van der Waals surface area contributed by atoms with Crippen LogP contribution in [-0.2, 0) is 14.9 Å². The summed E-state index contributed by atoms with van der Waals surface area (Å²) in [7, 11) is 0. The van der Waals surface area contributed by atoms with Crippen molar-refractivity contribution in [2.75, 3.05) is 19.8 Å². The topological polar surface area (TPSA) is 64.4 Å². The number of primary amides is 1. The Morgan fingerprint density at radius 3 is 2.36 bits per heavy atom. The molecule has 3 rings (SSSR count). The molecular weight excluding hydrogens is 336 g/mol. The van der Waals surface area contributed by atoms with Crippen molar-refractivity contribution in [3.63, 3.8) is 0 Å². The second-order valence-electron chi connectivity index (χ2n) is 6.53. The van der Waals surface area contributed by atoms with Crippen LogP contribution < -0.4 is 11.1 Å². The van der Waals surface area contributed by atoms with E-state index in [0.717, 1.165) is 23.4 Å². The molecule has 0 aromatic heterocycles. The van der Waals surface area contributed by atoms with Gasteiger partial charge in [-0.25, -0.2) is 0 Å². The summed E-state index contributed by atoms with van der Waals surface area (Å²) in [6, 6.07) is 17.0. The summed E-state index contributed by atoms with van der Waals surface area (Å²) in [4.78, 5) is 12.0. The number of hydrogen-bond acceptors (Lipinski definition) is 3. The summed E-state index contributed by atoms with van der Waals surface area (Å²) in [6.45, 7) is 2.06. The molecule has 0 radical (unpaired) electrons.